The average molecular weight is 313 g/mol. The van der Waals surface area contributed by atoms with E-state index in [1.54, 1.807) is 0 Å². The normalized spacial score (nSPS) is 13.6. The Bertz CT molecular complexity index is 316. The molecular formula is C16H25BrO. The Morgan fingerprint density at radius 3 is 2.39 bits per heavy atom. The molecule has 102 valence electrons. The zero-order valence-corrected chi connectivity index (χ0v) is 13.4. The van der Waals surface area contributed by atoms with Gasteiger partial charge in [0, 0.05) is 11.9 Å². The Morgan fingerprint density at radius 1 is 1.17 bits per heavy atom. The number of hydrogen-bond donors (Lipinski definition) is 0. The fourth-order valence-corrected chi connectivity index (χ4v) is 2.93. The predicted molar refractivity (Wildman–Crippen MR) is 82.3 cm³/mol. The summed E-state index contributed by atoms with van der Waals surface area (Å²) in [4.78, 5) is 0. The van der Waals surface area contributed by atoms with E-state index in [9.17, 15) is 0 Å². The maximum atomic E-state index is 5.80. The van der Waals surface area contributed by atoms with Crippen molar-refractivity contribution in [2.75, 3.05) is 18.5 Å². The molecule has 0 aromatic heterocycles. The van der Waals surface area contributed by atoms with Gasteiger partial charge < -0.3 is 4.74 Å². The standard InChI is InChI=1S/C16H25BrO/c1-16(2,3)15(12-17)13-18-11-7-10-14-8-5-4-6-9-14/h4-6,8-9,15H,7,10-13H2,1-3H3. The molecular weight excluding hydrogens is 288 g/mol. The number of hydrogen-bond acceptors (Lipinski definition) is 1. The molecule has 0 bridgehead atoms. The van der Waals surface area contributed by atoms with E-state index in [1.807, 2.05) is 0 Å². The number of benzene rings is 1. The molecule has 0 heterocycles. The van der Waals surface area contributed by atoms with Gasteiger partial charge in [0.05, 0.1) is 6.61 Å². The van der Waals surface area contributed by atoms with Crippen LogP contribution < -0.4 is 0 Å². The van der Waals surface area contributed by atoms with E-state index < -0.39 is 0 Å². The van der Waals surface area contributed by atoms with Gasteiger partial charge in [-0.2, -0.15) is 0 Å². The second-order valence-electron chi connectivity index (χ2n) is 5.88. The molecule has 0 saturated heterocycles. The van der Waals surface area contributed by atoms with Crippen LogP contribution >= 0.6 is 15.9 Å². The van der Waals surface area contributed by atoms with Crippen LogP contribution in [0.3, 0.4) is 0 Å². The van der Waals surface area contributed by atoms with E-state index in [-0.39, 0.29) is 0 Å². The minimum atomic E-state index is 0.308. The Hall–Kier alpha value is -0.340. The van der Waals surface area contributed by atoms with Gasteiger partial charge in [0.2, 0.25) is 0 Å². The van der Waals surface area contributed by atoms with Crippen LogP contribution in [0.4, 0.5) is 0 Å². The van der Waals surface area contributed by atoms with Crippen LogP contribution in [0.2, 0.25) is 0 Å². The van der Waals surface area contributed by atoms with Crippen LogP contribution in [-0.4, -0.2) is 18.5 Å². The molecule has 0 spiro atoms. The van der Waals surface area contributed by atoms with Crippen molar-refractivity contribution in [2.45, 2.75) is 33.6 Å². The largest absolute Gasteiger partial charge is 0.381 e. The van der Waals surface area contributed by atoms with Crippen LogP contribution in [-0.2, 0) is 11.2 Å². The molecule has 0 radical (unpaired) electrons. The lowest BCUT2D eigenvalue weighted by molar-refractivity contribution is 0.0654. The van der Waals surface area contributed by atoms with Crippen molar-refractivity contribution in [1.82, 2.24) is 0 Å². The van der Waals surface area contributed by atoms with E-state index in [4.69, 9.17) is 4.74 Å². The molecule has 0 aliphatic carbocycles. The lowest BCUT2D eigenvalue weighted by atomic mass is 9.83. The molecule has 2 heteroatoms. The summed E-state index contributed by atoms with van der Waals surface area (Å²) < 4.78 is 5.80. The first-order valence-corrected chi connectivity index (χ1v) is 7.84. The zero-order valence-electron chi connectivity index (χ0n) is 11.8. The molecule has 0 fully saturated rings. The summed E-state index contributed by atoms with van der Waals surface area (Å²) in [7, 11) is 0. The molecule has 1 rings (SSSR count). The number of aryl methyl sites for hydroxylation is 1. The van der Waals surface area contributed by atoms with Gasteiger partial charge in [0.25, 0.3) is 0 Å². The fourth-order valence-electron chi connectivity index (χ4n) is 1.77. The summed E-state index contributed by atoms with van der Waals surface area (Å²) in [5.74, 6) is 0.578. The quantitative estimate of drug-likeness (QED) is 0.524. The van der Waals surface area contributed by atoms with Gasteiger partial charge in [-0.1, -0.05) is 67.0 Å². The maximum Gasteiger partial charge on any atom is 0.0507 e. The topological polar surface area (TPSA) is 9.23 Å². The van der Waals surface area contributed by atoms with E-state index in [2.05, 4.69) is 67.0 Å². The van der Waals surface area contributed by atoms with E-state index in [0.717, 1.165) is 31.4 Å². The molecule has 1 aromatic carbocycles. The minimum absolute atomic E-state index is 0.308. The second-order valence-corrected chi connectivity index (χ2v) is 6.53. The van der Waals surface area contributed by atoms with Crippen LogP contribution in [0.1, 0.15) is 32.8 Å². The van der Waals surface area contributed by atoms with Gasteiger partial charge in [-0.05, 0) is 29.7 Å². The van der Waals surface area contributed by atoms with Crippen molar-refractivity contribution in [2.24, 2.45) is 11.3 Å². The van der Waals surface area contributed by atoms with Crippen molar-refractivity contribution in [1.29, 1.82) is 0 Å². The molecule has 0 N–H and O–H groups in total. The van der Waals surface area contributed by atoms with Crippen molar-refractivity contribution in [3.8, 4) is 0 Å². The average Bonchev–Trinajstić information content (AvgIpc) is 2.33. The highest BCUT2D eigenvalue weighted by molar-refractivity contribution is 9.09. The third-order valence-corrected chi connectivity index (χ3v) is 4.11. The second kappa shape index (κ2) is 7.96. The Kier molecular flexibility index (Phi) is 6.95. The van der Waals surface area contributed by atoms with E-state index >= 15 is 0 Å². The molecule has 0 saturated carbocycles. The molecule has 18 heavy (non-hydrogen) atoms. The predicted octanol–water partition coefficient (Wildman–Crippen LogP) is 4.69. The summed E-state index contributed by atoms with van der Waals surface area (Å²) in [6.45, 7) is 8.52. The van der Waals surface area contributed by atoms with E-state index in [0.29, 0.717) is 11.3 Å². The lowest BCUT2D eigenvalue weighted by Gasteiger charge is -2.28. The lowest BCUT2D eigenvalue weighted by Crippen LogP contribution is -2.26. The van der Waals surface area contributed by atoms with E-state index in [1.165, 1.54) is 5.56 Å². The van der Waals surface area contributed by atoms with Gasteiger partial charge in [-0.3, -0.25) is 0 Å². The zero-order chi connectivity index (χ0) is 13.4. The first-order chi connectivity index (χ1) is 8.54. The van der Waals surface area contributed by atoms with Crippen molar-refractivity contribution in [3.05, 3.63) is 35.9 Å². The molecule has 1 atom stereocenters. The molecule has 0 aliphatic heterocycles. The summed E-state index contributed by atoms with van der Waals surface area (Å²) >= 11 is 3.58. The summed E-state index contributed by atoms with van der Waals surface area (Å²) in [5.41, 5.74) is 1.71. The first-order valence-electron chi connectivity index (χ1n) is 6.71. The van der Waals surface area contributed by atoms with Crippen molar-refractivity contribution < 1.29 is 4.74 Å². The summed E-state index contributed by atoms with van der Waals surface area (Å²) in [6.07, 6.45) is 2.21. The monoisotopic (exact) mass is 312 g/mol. The number of halogens is 1. The molecule has 0 amide bonds. The molecule has 1 aromatic rings. The fraction of sp³-hybridized carbons (Fsp3) is 0.625. The minimum Gasteiger partial charge on any atom is -0.381 e. The summed E-state index contributed by atoms with van der Waals surface area (Å²) in [5, 5.41) is 1.01. The maximum absolute atomic E-state index is 5.80. The Morgan fingerprint density at radius 2 is 1.83 bits per heavy atom. The van der Waals surface area contributed by atoms with Gasteiger partial charge in [0.1, 0.15) is 0 Å². The first kappa shape index (κ1) is 15.7. The van der Waals surface area contributed by atoms with Crippen molar-refractivity contribution in [3.63, 3.8) is 0 Å². The highest BCUT2D eigenvalue weighted by atomic mass is 79.9. The van der Waals surface area contributed by atoms with Crippen LogP contribution in [0.5, 0.6) is 0 Å². The highest BCUT2D eigenvalue weighted by Gasteiger charge is 2.23. The highest BCUT2D eigenvalue weighted by Crippen LogP contribution is 2.27. The van der Waals surface area contributed by atoms with Gasteiger partial charge in [-0.25, -0.2) is 0 Å². The van der Waals surface area contributed by atoms with Crippen molar-refractivity contribution >= 4 is 15.9 Å². The number of ether oxygens (including phenoxy) is 1. The third kappa shape index (κ3) is 6.01. The Labute approximate surface area is 120 Å². The SMILES string of the molecule is CC(C)(C)C(CBr)COCCCc1ccccc1. The summed E-state index contributed by atoms with van der Waals surface area (Å²) in [6, 6.07) is 10.6. The number of alkyl halides is 1. The Balaban J connectivity index is 2.15. The van der Waals surface area contributed by atoms with Gasteiger partial charge in [-0.15, -0.1) is 0 Å². The molecule has 1 nitrogen and oxygen atoms in total. The van der Waals surface area contributed by atoms with Gasteiger partial charge in [0.15, 0.2) is 0 Å². The third-order valence-electron chi connectivity index (χ3n) is 3.33. The van der Waals surface area contributed by atoms with Crippen LogP contribution in [0.25, 0.3) is 0 Å². The van der Waals surface area contributed by atoms with Crippen LogP contribution in [0.15, 0.2) is 30.3 Å². The van der Waals surface area contributed by atoms with Crippen LogP contribution in [0, 0.1) is 11.3 Å². The number of rotatable bonds is 7. The molecule has 0 aliphatic rings. The molecule has 1 unspecified atom stereocenters. The smallest absolute Gasteiger partial charge is 0.0507 e. The van der Waals surface area contributed by atoms with Gasteiger partial charge >= 0.3 is 0 Å².